The number of nitrogens with one attached hydrogen (secondary N) is 1. The molecule has 0 fully saturated rings. The highest BCUT2D eigenvalue weighted by atomic mass is 79.9. The molecule has 0 aliphatic rings. The van der Waals surface area contributed by atoms with E-state index in [1.54, 1.807) is 0 Å². The monoisotopic (exact) mass is 339 g/mol. The quantitative estimate of drug-likeness (QED) is 0.738. The lowest BCUT2D eigenvalue weighted by Gasteiger charge is -2.20. The van der Waals surface area contributed by atoms with E-state index in [4.69, 9.17) is 0 Å². The molecule has 0 aliphatic heterocycles. The van der Waals surface area contributed by atoms with Gasteiger partial charge in [0.1, 0.15) is 17.3 Å². The Kier molecular flexibility index (Phi) is 5.12. The van der Waals surface area contributed by atoms with Gasteiger partial charge in [-0.3, -0.25) is 0 Å². The van der Waals surface area contributed by atoms with Crippen LogP contribution in [0.4, 0.5) is 14.5 Å². The molecule has 2 aromatic carbocycles. The fourth-order valence-electron chi connectivity index (χ4n) is 2.15. The van der Waals surface area contributed by atoms with Gasteiger partial charge >= 0.3 is 0 Å². The molecule has 1 N–H and O–H groups in total. The Morgan fingerprint density at radius 2 is 1.70 bits per heavy atom. The van der Waals surface area contributed by atoms with E-state index >= 15 is 0 Å². The number of benzene rings is 2. The molecule has 106 valence electrons. The van der Waals surface area contributed by atoms with Crippen molar-refractivity contribution in [1.29, 1.82) is 0 Å². The van der Waals surface area contributed by atoms with Gasteiger partial charge in [0.05, 0.1) is 6.04 Å². The highest BCUT2D eigenvalue weighted by molar-refractivity contribution is 9.10. The lowest BCUT2D eigenvalue weighted by Crippen LogP contribution is -2.13. The molecule has 2 rings (SSSR count). The standard InChI is InChI=1S/C16H16BrF2N/c1-2-6-15(11-7-4-3-5-8-11)20-16-13(18)9-12(17)10-14(16)19/h3-5,7-10,15,20H,2,6H2,1H3. The molecule has 0 saturated carbocycles. The van der Waals surface area contributed by atoms with Crippen LogP contribution in [-0.4, -0.2) is 0 Å². The molecule has 0 radical (unpaired) electrons. The van der Waals surface area contributed by atoms with Crippen LogP contribution in [0.1, 0.15) is 31.4 Å². The minimum absolute atomic E-state index is 0.0736. The Bertz CT molecular complexity index is 549. The van der Waals surface area contributed by atoms with Crippen LogP contribution in [-0.2, 0) is 0 Å². The summed E-state index contributed by atoms with van der Waals surface area (Å²) >= 11 is 3.08. The Hall–Kier alpha value is -1.42. The maximum absolute atomic E-state index is 13.9. The molecule has 0 aliphatic carbocycles. The molecular weight excluding hydrogens is 324 g/mol. The summed E-state index contributed by atoms with van der Waals surface area (Å²) in [6.45, 7) is 2.05. The topological polar surface area (TPSA) is 12.0 Å². The molecule has 0 heterocycles. The highest BCUT2D eigenvalue weighted by Gasteiger charge is 2.16. The zero-order valence-corrected chi connectivity index (χ0v) is 12.8. The Labute approximate surface area is 126 Å². The van der Waals surface area contributed by atoms with Gasteiger partial charge in [-0.15, -0.1) is 0 Å². The van der Waals surface area contributed by atoms with Gasteiger partial charge in [-0.1, -0.05) is 59.6 Å². The van der Waals surface area contributed by atoms with Crippen LogP contribution < -0.4 is 5.32 Å². The lowest BCUT2D eigenvalue weighted by atomic mass is 10.0. The summed E-state index contributed by atoms with van der Waals surface area (Å²) in [6, 6.07) is 12.1. The van der Waals surface area contributed by atoms with Gasteiger partial charge in [-0.2, -0.15) is 0 Å². The first kappa shape index (κ1) is 15.0. The van der Waals surface area contributed by atoms with Gasteiger partial charge in [-0.25, -0.2) is 8.78 Å². The smallest absolute Gasteiger partial charge is 0.150 e. The first-order chi connectivity index (χ1) is 9.61. The Balaban J connectivity index is 2.30. The van der Waals surface area contributed by atoms with Crippen LogP contribution in [0.2, 0.25) is 0 Å². The van der Waals surface area contributed by atoms with E-state index in [9.17, 15) is 8.78 Å². The van der Waals surface area contributed by atoms with Crippen LogP contribution in [0.15, 0.2) is 46.9 Å². The van der Waals surface area contributed by atoms with Gasteiger partial charge in [0, 0.05) is 4.47 Å². The third-order valence-corrected chi connectivity index (χ3v) is 3.56. The van der Waals surface area contributed by atoms with Crippen molar-refractivity contribution in [2.45, 2.75) is 25.8 Å². The molecule has 0 saturated heterocycles. The van der Waals surface area contributed by atoms with E-state index in [0.717, 1.165) is 18.4 Å². The van der Waals surface area contributed by atoms with Crippen LogP contribution in [0.5, 0.6) is 0 Å². The number of rotatable bonds is 5. The Morgan fingerprint density at radius 3 is 2.25 bits per heavy atom. The summed E-state index contributed by atoms with van der Waals surface area (Å²) in [7, 11) is 0. The average molecular weight is 340 g/mol. The molecule has 0 spiro atoms. The van der Waals surface area contributed by atoms with Gasteiger partial charge in [0.25, 0.3) is 0 Å². The summed E-state index contributed by atoms with van der Waals surface area (Å²) < 4.78 is 28.2. The van der Waals surface area contributed by atoms with Gasteiger partial charge < -0.3 is 5.32 Å². The van der Waals surface area contributed by atoms with Crippen molar-refractivity contribution in [3.05, 3.63) is 64.1 Å². The predicted octanol–water partition coefficient (Wildman–Crippen LogP) is 5.68. The maximum Gasteiger partial charge on any atom is 0.150 e. The number of hydrogen-bond donors (Lipinski definition) is 1. The number of hydrogen-bond acceptors (Lipinski definition) is 1. The summed E-state index contributed by atoms with van der Waals surface area (Å²) in [4.78, 5) is 0. The second kappa shape index (κ2) is 6.84. The number of anilines is 1. The molecule has 0 aromatic heterocycles. The van der Waals surface area contributed by atoms with Crippen LogP contribution in [0.25, 0.3) is 0 Å². The van der Waals surface area contributed by atoms with Crippen LogP contribution in [0.3, 0.4) is 0 Å². The molecule has 20 heavy (non-hydrogen) atoms. The second-order valence-electron chi connectivity index (χ2n) is 4.64. The minimum atomic E-state index is -0.589. The third-order valence-electron chi connectivity index (χ3n) is 3.10. The van der Waals surface area contributed by atoms with Gasteiger partial charge in [0.15, 0.2) is 0 Å². The predicted molar refractivity (Wildman–Crippen MR) is 81.8 cm³/mol. The second-order valence-corrected chi connectivity index (χ2v) is 5.56. The SMILES string of the molecule is CCCC(Nc1c(F)cc(Br)cc1F)c1ccccc1. The summed E-state index contributed by atoms with van der Waals surface area (Å²) in [5, 5.41) is 2.99. The lowest BCUT2D eigenvalue weighted by molar-refractivity contribution is 0.575. The number of halogens is 3. The first-order valence-corrected chi connectivity index (χ1v) is 7.37. The molecule has 0 amide bonds. The third kappa shape index (κ3) is 3.57. The van der Waals surface area contributed by atoms with Crippen LogP contribution >= 0.6 is 15.9 Å². The van der Waals surface area contributed by atoms with E-state index in [-0.39, 0.29) is 11.7 Å². The summed E-state index contributed by atoms with van der Waals surface area (Å²) in [6.07, 6.45) is 1.73. The zero-order chi connectivity index (χ0) is 14.5. The van der Waals surface area contributed by atoms with E-state index in [2.05, 4.69) is 21.2 Å². The summed E-state index contributed by atoms with van der Waals surface area (Å²) in [5.74, 6) is -1.18. The highest BCUT2D eigenvalue weighted by Crippen LogP contribution is 2.29. The van der Waals surface area contributed by atoms with Crippen molar-refractivity contribution in [1.82, 2.24) is 0 Å². The van der Waals surface area contributed by atoms with Crippen molar-refractivity contribution < 1.29 is 8.78 Å². The summed E-state index contributed by atoms with van der Waals surface area (Å²) in [5.41, 5.74) is 0.951. The van der Waals surface area contributed by atoms with Crippen molar-refractivity contribution in [2.24, 2.45) is 0 Å². The van der Waals surface area contributed by atoms with Crippen molar-refractivity contribution in [2.75, 3.05) is 5.32 Å². The molecule has 1 unspecified atom stereocenters. The van der Waals surface area contributed by atoms with Crippen LogP contribution in [0, 0.1) is 11.6 Å². The first-order valence-electron chi connectivity index (χ1n) is 6.58. The Morgan fingerprint density at radius 1 is 1.10 bits per heavy atom. The fraction of sp³-hybridized carbons (Fsp3) is 0.250. The van der Waals surface area contributed by atoms with Gasteiger partial charge in [-0.05, 0) is 24.1 Å². The molecule has 1 nitrogen and oxygen atoms in total. The van der Waals surface area contributed by atoms with Gasteiger partial charge in [0.2, 0.25) is 0 Å². The van der Waals surface area contributed by atoms with E-state index < -0.39 is 11.6 Å². The van der Waals surface area contributed by atoms with E-state index in [1.807, 2.05) is 37.3 Å². The minimum Gasteiger partial charge on any atom is -0.373 e. The van der Waals surface area contributed by atoms with E-state index in [1.165, 1.54) is 12.1 Å². The molecule has 0 bridgehead atoms. The normalized spacial score (nSPS) is 12.2. The zero-order valence-electron chi connectivity index (χ0n) is 11.2. The largest absolute Gasteiger partial charge is 0.373 e. The van der Waals surface area contributed by atoms with Crippen molar-refractivity contribution in [3.63, 3.8) is 0 Å². The maximum atomic E-state index is 13.9. The van der Waals surface area contributed by atoms with Crippen molar-refractivity contribution >= 4 is 21.6 Å². The molecule has 2 aromatic rings. The van der Waals surface area contributed by atoms with Crippen molar-refractivity contribution in [3.8, 4) is 0 Å². The van der Waals surface area contributed by atoms with E-state index in [0.29, 0.717) is 4.47 Å². The fourth-order valence-corrected chi connectivity index (χ4v) is 2.55. The molecule has 4 heteroatoms. The molecular formula is C16H16BrF2N. The average Bonchev–Trinajstić information content (AvgIpc) is 2.42. The molecule has 1 atom stereocenters.